The maximum absolute atomic E-state index is 13.1. The third-order valence-electron chi connectivity index (χ3n) is 6.46. The van der Waals surface area contributed by atoms with E-state index in [2.05, 4.69) is 27.5 Å². The Labute approximate surface area is 227 Å². The van der Waals surface area contributed by atoms with Crippen LogP contribution >= 0.6 is 0 Å². The van der Waals surface area contributed by atoms with Gasteiger partial charge in [0, 0.05) is 18.3 Å². The molecule has 8 heteroatoms. The van der Waals surface area contributed by atoms with Crippen LogP contribution in [0, 0.1) is 0 Å². The van der Waals surface area contributed by atoms with Crippen molar-refractivity contribution in [3.05, 3.63) is 96.1 Å². The van der Waals surface area contributed by atoms with Crippen molar-refractivity contribution < 1.29 is 19.0 Å². The molecule has 0 bridgehead atoms. The number of aromatic nitrogens is 2. The summed E-state index contributed by atoms with van der Waals surface area (Å²) in [5, 5.41) is 6.40. The van der Waals surface area contributed by atoms with Gasteiger partial charge in [-0.3, -0.25) is 4.79 Å². The average Bonchev–Trinajstić information content (AvgIpc) is 2.98. The van der Waals surface area contributed by atoms with E-state index >= 15 is 0 Å². The fourth-order valence-electron chi connectivity index (χ4n) is 4.34. The number of nitrogens with zero attached hydrogens (tertiary/aromatic N) is 2. The van der Waals surface area contributed by atoms with Gasteiger partial charge in [-0.2, -0.15) is 0 Å². The molecule has 0 aliphatic rings. The lowest BCUT2D eigenvalue weighted by atomic mass is 10.1. The fraction of sp³-hybridized carbons (Fsp3) is 0.194. The van der Waals surface area contributed by atoms with E-state index in [9.17, 15) is 4.79 Å². The van der Waals surface area contributed by atoms with Crippen molar-refractivity contribution in [2.24, 2.45) is 0 Å². The van der Waals surface area contributed by atoms with Gasteiger partial charge in [0.1, 0.15) is 17.9 Å². The molecule has 0 saturated heterocycles. The minimum Gasteiger partial charge on any atom is -0.493 e. The third kappa shape index (κ3) is 5.91. The molecule has 0 saturated carbocycles. The van der Waals surface area contributed by atoms with Gasteiger partial charge in [-0.05, 0) is 73.2 Å². The fourth-order valence-corrected chi connectivity index (χ4v) is 4.34. The van der Waals surface area contributed by atoms with Crippen LogP contribution in [0.1, 0.15) is 28.9 Å². The zero-order valence-electron chi connectivity index (χ0n) is 22.1. The van der Waals surface area contributed by atoms with Crippen LogP contribution in [0.15, 0.2) is 84.9 Å². The second-order valence-electron chi connectivity index (χ2n) is 9.00. The first-order valence-electron chi connectivity index (χ1n) is 12.7. The second kappa shape index (κ2) is 11.8. The van der Waals surface area contributed by atoms with E-state index in [0.29, 0.717) is 46.9 Å². The molecule has 5 rings (SSSR count). The normalized spacial score (nSPS) is 11.8. The number of nitrogens with one attached hydrogen (secondary N) is 2. The lowest BCUT2D eigenvalue weighted by Gasteiger charge is -2.17. The summed E-state index contributed by atoms with van der Waals surface area (Å²) in [5.74, 6) is 1.88. The number of ether oxygens (including phenoxy) is 3. The molecule has 1 heterocycles. The molecular weight excluding hydrogens is 492 g/mol. The molecule has 0 fully saturated rings. The number of hydrogen-bond acceptors (Lipinski definition) is 7. The molecule has 1 atom stereocenters. The Kier molecular flexibility index (Phi) is 7.84. The zero-order valence-corrected chi connectivity index (χ0v) is 22.1. The summed E-state index contributed by atoms with van der Waals surface area (Å²) < 4.78 is 16.6. The SMILES string of the molecule is COc1ccc(C(C)NCCOc2ccc(NC(=O)c3cccc4nc5ccccc5nc34)cc2)cc1OC. The standard InChI is InChI=1S/C31H30N4O4/c1-20(21-11-16-28(37-2)29(19-21)38-3)32-17-18-39-23-14-12-22(13-15-23)33-31(36)24-7-6-10-27-30(24)35-26-9-5-4-8-25(26)34-27/h4-16,19-20,32H,17-18H2,1-3H3,(H,33,36). The topological polar surface area (TPSA) is 94.6 Å². The van der Waals surface area contributed by atoms with E-state index < -0.39 is 0 Å². The summed E-state index contributed by atoms with van der Waals surface area (Å²) in [7, 11) is 3.25. The molecule has 0 aliphatic heterocycles. The van der Waals surface area contributed by atoms with Crippen molar-refractivity contribution >= 4 is 33.7 Å². The number of para-hydroxylation sites is 3. The Balaban J connectivity index is 1.16. The number of fused-ring (bicyclic) bond motifs is 2. The van der Waals surface area contributed by atoms with Gasteiger partial charge in [0.15, 0.2) is 11.5 Å². The number of methoxy groups -OCH3 is 2. The molecule has 2 N–H and O–H groups in total. The summed E-state index contributed by atoms with van der Waals surface area (Å²) in [6, 6.07) is 26.4. The van der Waals surface area contributed by atoms with Crippen molar-refractivity contribution in [3.63, 3.8) is 0 Å². The largest absolute Gasteiger partial charge is 0.493 e. The van der Waals surface area contributed by atoms with Crippen LogP contribution in [0.5, 0.6) is 17.2 Å². The molecular formula is C31H30N4O4. The smallest absolute Gasteiger partial charge is 0.257 e. The number of rotatable bonds is 10. The number of anilines is 1. The molecule has 0 spiro atoms. The first-order valence-corrected chi connectivity index (χ1v) is 12.7. The van der Waals surface area contributed by atoms with Crippen LogP contribution in [0.2, 0.25) is 0 Å². The highest BCUT2D eigenvalue weighted by Crippen LogP contribution is 2.30. The maximum Gasteiger partial charge on any atom is 0.257 e. The first kappa shape index (κ1) is 25.9. The van der Waals surface area contributed by atoms with Crippen LogP contribution in [-0.4, -0.2) is 43.2 Å². The highest BCUT2D eigenvalue weighted by molar-refractivity contribution is 6.12. The minimum absolute atomic E-state index is 0.114. The second-order valence-corrected chi connectivity index (χ2v) is 9.00. The Morgan fingerprint density at radius 2 is 1.54 bits per heavy atom. The van der Waals surface area contributed by atoms with Gasteiger partial charge in [0.05, 0.1) is 36.3 Å². The van der Waals surface area contributed by atoms with E-state index in [0.717, 1.165) is 22.3 Å². The van der Waals surface area contributed by atoms with E-state index in [4.69, 9.17) is 14.2 Å². The quantitative estimate of drug-likeness (QED) is 0.177. The molecule has 0 radical (unpaired) electrons. The molecule has 1 unspecified atom stereocenters. The van der Waals surface area contributed by atoms with E-state index in [-0.39, 0.29) is 11.9 Å². The number of carbonyl (C=O) groups excluding carboxylic acids is 1. The molecule has 1 amide bonds. The molecule has 1 aromatic heterocycles. The van der Waals surface area contributed by atoms with E-state index in [1.165, 1.54) is 0 Å². The summed E-state index contributed by atoms with van der Waals surface area (Å²) in [4.78, 5) is 22.4. The molecule has 198 valence electrons. The summed E-state index contributed by atoms with van der Waals surface area (Å²) in [5.41, 5.74) is 5.03. The lowest BCUT2D eigenvalue weighted by Crippen LogP contribution is -2.24. The Morgan fingerprint density at radius 1 is 0.821 bits per heavy atom. The van der Waals surface area contributed by atoms with Gasteiger partial charge < -0.3 is 24.8 Å². The van der Waals surface area contributed by atoms with Crippen LogP contribution in [0.3, 0.4) is 0 Å². The first-order chi connectivity index (χ1) is 19.1. The van der Waals surface area contributed by atoms with Crippen LogP contribution in [-0.2, 0) is 0 Å². The predicted molar refractivity (Wildman–Crippen MR) is 153 cm³/mol. The summed E-state index contributed by atoms with van der Waals surface area (Å²) >= 11 is 0. The van der Waals surface area contributed by atoms with Gasteiger partial charge in [-0.15, -0.1) is 0 Å². The van der Waals surface area contributed by atoms with Crippen LogP contribution in [0.25, 0.3) is 22.1 Å². The van der Waals surface area contributed by atoms with E-state index in [1.807, 2.05) is 78.9 Å². The maximum atomic E-state index is 13.1. The van der Waals surface area contributed by atoms with Crippen molar-refractivity contribution in [2.45, 2.75) is 13.0 Å². The van der Waals surface area contributed by atoms with Gasteiger partial charge in [0.2, 0.25) is 0 Å². The Bertz CT molecular complexity index is 1600. The summed E-state index contributed by atoms with van der Waals surface area (Å²) in [6.45, 7) is 3.24. The Morgan fingerprint density at radius 3 is 2.28 bits per heavy atom. The average molecular weight is 523 g/mol. The highest BCUT2D eigenvalue weighted by Gasteiger charge is 2.14. The lowest BCUT2D eigenvalue weighted by molar-refractivity contribution is 0.102. The van der Waals surface area contributed by atoms with Gasteiger partial charge in [-0.1, -0.05) is 24.3 Å². The molecule has 39 heavy (non-hydrogen) atoms. The molecule has 8 nitrogen and oxygen atoms in total. The van der Waals surface area contributed by atoms with Crippen molar-refractivity contribution in [1.29, 1.82) is 0 Å². The number of amides is 1. The highest BCUT2D eigenvalue weighted by atomic mass is 16.5. The van der Waals surface area contributed by atoms with Crippen LogP contribution in [0.4, 0.5) is 5.69 Å². The monoisotopic (exact) mass is 522 g/mol. The van der Waals surface area contributed by atoms with Gasteiger partial charge in [0.25, 0.3) is 5.91 Å². The Hall–Kier alpha value is -4.69. The van der Waals surface area contributed by atoms with E-state index in [1.54, 1.807) is 20.3 Å². The third-order valence-corrected chi connectivity index (χ3v) is 6.46. The van der Waals surface area contributed by atoms with Gasteiger partial charge in [-0.25, -0.2) is 9.97 Å². The van der Waals surface area contributed by atoms with Crippen LogP contribution < -0.4 is 24.8 Å². The van der Waals surface area contributed by atoms with Gasteiger partial charge >= 0.3 is 0 Å². The number of benzene rings is 4. The minimum atomic E-state index is -0.243. The van der Waals surface area contributed by atoms with Crippen molar-refractivity contribution in [1.82, 2.24) is 15.3 Å². The van der Waals surface area contributed by atoms with Crippen molar-refractivity contribution in [3.8, 4) is 17.2 Å². The number of carbonyl (C=O) groups is 1. The molecule has 4 aromatic carbocycles. The number of hydrogen-bond donors (Lipinski definition) is 2. The predicted octanol–water partition coefficient (Wildman–Crippen LogP) is 5.78. The molecule has 0 aliphatic carbocycles. The zero-order chi connectivity index (χ0) is 27.2. The summed E-state index contributed by atoms with van der Waals surface area (Å²) in [6.07, 6.45) is 0. The molecule has 5 aromatic rings. The van der Waals surface area contributed by atoms with Crippen molar-refractivity contribution in [2.75, 3.05) is 32.7 Å².